The number of aromatic nitrogens is 2. The summed E-state index contributed by atoms with van der Waals surface area (Å²) in [6.45, 7) is 6.20. The molecule has 5 heteroatoms. The Morgan fingerprint density at radius 3 is 2.73 bits per heavy atom. The van der Waals surface area contributed by atoms with Crippen LogP contribution in [0.3, 0.4) is 0 Å². The van der Waals surface area contributed by atoms with E-state index in [4.69, 9.17) is 0 Å². The van der Waals surface area contributed by atoms with Crippen LogP contribution in [-0.2, 0) is 20.0 Å². The predicted molar refractivity (Wildman–Crippen MR) is 105 cm³/mol. The van der Waals surface area contributed by atoms with Gasteiger partial charge in [0.25, 0.3) is 11.5 Å². The number of hydrogen-bond donors (Lipinski definition) is 2. The number of benzene rings is 1. The van der Waals surface area contributed by atoms with E-state index >= 15 is 0 Å². The van der Waals surface area contributed by atoms with Crippen LogP contribution in [-0.4, -0.2) is 15.5 Å². The molecule has 136 valence electrons. The average Bonchev–Trinajstić information content (AvgIpc) is 2.88. The van der Waals surface area contributed by atoms with E-state index in [0.717, 1.165) is 40.7 Å². The molecular weight excluding hydrogens is 326 g/mol. The zero-order valence-electron chi connectivity index (χ0n) is 15.8. The summed E-state index contributed by atoms with van der Waals surface area (Å²) in [5.41, 5.74) is 5.12. The lowest BCUT2D eigenvalue weighted by Crippen LogP contribution is -2.28. The molecule has 0 unspecified atom stereocenters. The lowest BCUT2D eigenvalue weighted by atomic mass is 10.0. The van der Waals surface area contributed by atoms with Crippen molar-refractivity contribution in [3.63, 3.8) is 0 Å². The van der Waals surface area contributed by atoms with Crippen LogP contribution in [0, 0.1) is 13.8 Å². The second kappa shape index (κ2) is 7.20. The van der Waals surface area contributed by atoms with Gasteiger partial charge in [0.2, 0.25) is 0 Å². The summed E-state index contributed by atoms with van der Waals surface area (Å²) in [5, 5.41) is 3.85. The van der Waals surface area contributed by atoms with Crippen molar-refractivity contribution < 1.29 is 4.79 Å². The van der Waals surface area contributed by atoms with Crippen molar-refractivity contribution in [2.24, 2.45) is 7.05 Å². The highest BCUT2D eigenvalue weighted by Crippen LogP contribution is 2.22. The third-order valence-corrected chi connectivity index (χ3v) is 4.88. The van der Waals surface area contributed by atoms with Crippen LogP contribution >= 0.6 is 0 Å². The molecule has 0 aliphatic carbocycles. The van der Waals surface area contributed by atoms with Gasteiger partial charge in [0.1, 0.15) is 0 Å². The molecule has 1 amide bonds. The van der Waals surface area contributed by atoms with E-state index < -0.39 is 0 Å². The maximum Gasteiger partial charge on any atom is 0.253 e. The van der Waals surface area contributed by atoms with E-state index in [1.807, 2.05) is 51.2 Å². The molecule has 0 saturated heterocycles. The van der Waals surface area contributed by atoms with Crippen LogP contribution in [0.2, 0.25) is 0 Å². The first-order chi connectivity index (χ1) is 12.4. The first-order valence-corrected chi connectivity index (χ1v) is 8.97. The van der Waals surface area contributed by atoms with Gasteiger partial charge in [0.15, 0.2) is 0 Å². The third-order valence-electron chi connectivity index (χ3n) is 4.88. The van der Waals surface area contributed by atoms with Gasteiger partial charge in [-0.15, -0.1) is 0 Å². The van der Waals surface area contributed by atoms with Crippen molar-refractivity contribution in [2.45, 2.75) is 40.2 Å². The number of hydrogen-bond acceptors (Lipinski definition) is 2. The van der Waals surface area contributed by atoms with Gasteiger partial charge < -0.3 is 14.9 Å². The molecule has 0 radical (unpaired) electrons. The molecule has 0 aliphatic rings. The number of pyridine rings is 1. The Hall–Kier alpha value is -2.82. The molecule has 1 aromatic carbocycles. The third kappa shape index (κ3) is 3.29. The largest absolute Gasteiger partial charge is 0.348 e. The minimum absolute atomic E-state index is 0.123. The number of carbonyl (C=O) groups excluding carboxylic acids is 1. The summed E-state index contributed by atoms with van der Waals surface area (Å²) in [6, 6.07) is 9.73. The van der Waals surface area contributed by atoms with Gasteiger partial charge in [-0.1, -0.05) is 19.4 Å². The molecule has 0 aliphatic heterocycles. The second-order valence-corrected chi connectivity index (χ2v) is 6.80. The monoisotopic (exact) mass is 351 g/mol. The zero-order chi connectivity index (χ0) is 18.8. The van der Waals surface area contributed by atoms with E-state index in [-0.39, 0.29) is 18.0 Å². The number of H-pyrrole nitrogens is 1. The summed E-state index contributed by atoms with van der Waals surface area (Å²) >= 11 is 0. The Morgan fingerprint density at radius 2 is 2.00 bits per heavy atom. The van der Waals surface area contributed by atoms with E-state index in [0.29, 0.717) is 11.1 Å². The SMILES string of the molecule is CCCc1cc(C)[nH]c(=O)c1CNC(=O)c1cccc2c1cc(C)n2C. The first-order valence-electron chi connectivity index (χ1n) is 8.97. The first kappa shape index (κ1) is 18.0. The zero-order valence-corrected chi connectivity index (χ0v) is 15.8. The molecule has 5 nitrogen and oxygen atoms in total. The van der Waals surface area contributed by atoms with Gasteiger partial charge in [0, 0.05) is 47.0 Å². The fraction of sp³-hybridized carbons (Fsp3) is 0.333. The summed E-state index contributed by atoms with van der Waals surface area (Å²) in [4.78, 5) is 27.9. The Balaban J connectivity index is 1.89. The molecule has 2 heterocycles. The van der Waals surface area contributed by atoms with Gasteiger partial charge in [-0.05, 0) is 50.1 Å². The van der Waals surface area contributed by atoms with Crippen LogP contribution < -0.4 is 10.9 Å². The molecule has 0 bridgehead atoms. The van der Waals surface area contributed by atoms with Crippen LogP contribution in [0.1, 0.15) is 46.2 Å². The quantitative estimate of drug-likeness (QED) is 0.740. The second-order valence-electron chi connectivity index (χ2n) is 6.80. The van der Waals surface area contributed by atoms with Crippen molar-refractivity contribution >= 4 is 16.8 Å². The highest BCUT2D eigenvalue weighted by Gasteiger charge is 2.15. The fourth-order valence-electron chi connectivity index (χ4n) is 3.43. The van der Waals surface area contributed by atoms with Crippen molar-refractivity contribution in [2.75, 3.05) is 0 Å². The molecule has 0 atom stereocenters. The summed E-state index contributed by atoms with van der Waals surface area (Å²) < 4.78 is 2.07. The highest BCUT2D eigenvalue weighted by atomic mass is 16.1. The topological polar surface area (TPSA) is 66.9 Å². The lowest BCUT2D eigenvalue weighted by Gasteiger charge is -2.11. The molecule has 26 heavy (non-hydrogen) atoms. The van der Waals surface area contributed by atoms with E-state index in [2.05, 4.69) is 21.8 Å². The van der Waals surface area contributed by atoms with Crippen molar-refractivity contribution in [1.82, 2.24) is 14.9 Å². The minimum atomic E-state index is -0.163. The maximum atomic E-state index is 12.8. The molecular formula is C21H25N3O2. The smallest absolute Gasteiger partial charge is 0.253 e. The fourth-order valence-corrected chi connectivity index (χ4v) is 3.43. The van der Waals surface area contributed by atoms with E-state index in [1.165, 1.54) is 0 Å². The van der Waals surface area contributed by atoms with Crippen molar-refractivity contribution in [3.8, 4) is 0 Å². The average molecular weight is 351 g/mol. The molecule has 0 spiro atoms. The van der Waals surface area contributed by atoms with Gasteiger partial charge >= 0.3 is 0 Å². The molecule has 2 N–H and O–H groups in total. The van der Waals surface area contributed by atoms with Crippen LogP contribution in [0.5, 0.6) is 0 Å². The predicted octanol–water partition coefficient (Wildman–Crippen LogP) is 3.37. The summed E-state index contributed by atoms with van der Waals surface area (Å²) in [6.07, 6.45) is 1.77. The maximum absolute atomic E-state index is 12.8. The number of amides is 1. The number of nitrogens with one attached hydrogen (secondary N) is 2. The van der Waals surface area contributed by atoms with Crippen LogP contribution in [0.25, 0.3) is 10.9 Å². The molecule has 0 fully saturated rings. The highest BCUT2D eigenvalue weighted by molar-refractivity contribution is 6.06. The van der Waals surface area contributed by atoms with Gasteiger partial charge in [-0.3, -0.25) is 9.59 Å². The van der Waals surface area contributed by atoms with Gasteiger partial charge in [-0.2, -0.15) is 0 Å². The van der Waals surface area contributed by atoms with Crippen molar-refractivity contribution in [3.05, 3.63) is 68.8 Å². The number of aromatic amines is 1. The Morgan fingerprint density at radius 1 is 1.23 bits per heavy atom. The Labute approximate surface area is 153 Å². The summed E-state index contributed by atoms with van der Waals surface area (Å²) in [7, 11) is 1.99. The van der Waals surface area contributed by atoms with Crippen LogP contribution in [0.4, 0.5) is 0 Å². The number of nitrogens with zero attached hydrogens (tertiary/aromatic N) is 1. The minimum Gasteiger partial charge on any atom is -0.348 e. The molecule has 2 aromatic heterocycles. The van der Waals surface area contributed by atoms with Gasteiger partial charge in [-0.25, -0.2) is 0 Å². The number of rotatable bonds is 5. The normalized spacial score (nSPS) is 11.1. The standard InChI is InChI=1S/C21H25N3O2/c1-5-7-15-10-13(2)23-21(26)18(15)12-22-20(25)16-8-6-9-19-17(16)11-14(3)24(19)4/h6,8-11H,5,7,12H2,1-4H3,(H,22,25)(H,23,26). The Bertz CT molecular complexity index is 1030. The van der Waals surface area contributed by atoms with Crippen molar-refractivity contribution in [1.29, 1.82) is 0 Å². The lowest BCUT2D eigenvalue weighted by molar-refractivity contribution is 0.0952. The van der Waals surface area contributed by atoms with E-state index in [1.54, 1.807) is 0 Å². The van der Waals surface area contributed by atoms with Gasteiger partial charge in [0.05, 0.1) is 0 Å². The summed E-state index contributed by atoms with van der Waals surface area (Å²) in [5.74, 6) is -0.163. The molecule has 3 rings (SSSR count). The van der Waals surface area contributed by atoms with Crippen LogP contribution in [0.15, 0.2) is 35.1 Å². The molecule has 0 saturated carbocycles. The number of carbonyl (C=O) groups is 1. The molecule has 3 aromatic rings. The number of fused-ring (bicyclic) bond motifs is 1. The van der Waals surface area contributed by atoms with E-state index in [9.17, 15) is 9.59 Å². The Kier molecular flexibility index (Phi) is 4.98. The number of aryl methyl sites for hydroxylation is 4.